The second kappa shape index (κ2) is 9.24. The molecule has 1 amide bonds. The number of carbonyl (C=O) groups is 1. The van der Waals surface area contributed by atoms with E-state index in [1.807, 2.05) is 20.8 Å². The van der Waals surface area contributed by atoms with E-state index in [1.165, 1.54) is 29.6 Å². The third-order valence-corrected chi connectivity index (χ3v) is 3.62. The van der Waals surface area contributed by atoms with E-state index in [0.717, 1.165) is 0 Å². The van der Waals surface area contributed by atoms with Gasteiger partial charge in [0.2, 0.25) is 9.63 Å². The van der Waals surface area contributed by atoms with Crippen LogP contribution in [-0.2, 0) is 4.74 Å². The molecule has 0 spiro atoms. The highest BCUT2D eigenvalue weighted by Crippen LogP contribution is 2.26. The average molecular weight is 446 g/mol. The molecule has 1 aromatic rings. The van der Waals surface area contributed by atoms with Gasteiger partial charge in [0.05, 0.1) is 5.02 Å². The predicted molar refractivity (Wildman–Crippen MR) is 104 cm³/mol. The summed E-state index contributed by atoms with van der Waals surface area (Å²) in [7, 11) is 0. The lowest BCUT2D eigenvalue weighted by Crippen LogP contribution is -2.82. The second-order valence-electron chi connectivity index (χ2n) is 6.37. The first kappa shape index (κ1) is 23.0. The zero-order valence-electron chi connectivity index (χ0n) is 14.3. The average Bonchev–Trinajstić information content (AvgIpc) is 2.47. The van der Waals surface area contributed by atoms with Gasteiger partial charge < -0.3 is 10.5 Å². The van der Waals surface area contributed by atoms with Gasteiger partial charge in [0.25, 0.3) is 0 Å². The number of carbonyl (C=O) groups excluding carboxylic acids is 1. The van der Waals surface area contributed by atoms with Gasteiger partial charge in [0, 0.05) is 29.3 Å². The van der Waals surface area contributed by atoms with E-state index in [4.69, 9.17) is 56.9 Å². The number of quaternary nitrogens is 1. The Kier molecular flexibility index (Phi) is 8.17. The van der Waals surface area contributed by atoms with Crippen molar-refractivity contribution in [2.24, 2.45) is 16.1 Å². The van der Waals surface area contributed by atoms with Crippen molar-refractivity contribution in [2.45, 2.75) is 24.6 Å². The maximum atomic E-state index is 13.3. The first-order valence-electron chi connectivity index (χ1n) is 7.37. The summed E-state index contributed by atoms with van der Waals surface area (Å²) in [5, 5.41) is 1.44. The predicted octanol–water partition coefficient (Wildman–Crippen LogP) is 4.47. The van der Waals surface area contributed by atoms with Crippen molar-refractivity contribution in [2.75, 3.05) is 6.61 Å². The Morgan fingerprint density at radius 3 is 2.46 bits per heavy atom. The van der Waals surface area contributed by atoms with E-state index >= 15 is 0 Å². The molecular weight excluding hydrogens is 427 g/mol. The molecule has 0 aliphatic heterocycles. The number of nitrogens with zero attached hydrogens (tertiary/aromatic N) is 1. The Labute approximate surface area is 171 Å². The minimum Gasteiger partial charge on any atom is -0.443 e. The number of amides is 1. The first-order valence-corrected chi connectivity index (χ1v) is 8.89. The molecule has 1 aromatic carbocycles. The Balaban J connectivity index is 3.11. The number of aliphatic imine (C=N–C) groups is 1. The molecule has 0 fully saturated rings. The van der Waals surface area contributed by atoms with Crippen molar-refractivity contribution < 1.29 is 19.2 Å². The van der Waals surface area contributed by atoms with Gasteiger partial charge in [-0.2, -0.15) is 0 Å². The number of benzene rings is 1. The molecule has 4 N–H and O–H groups in total. The maximum Gasteiger partial charge on any atom is 0.438 e. The molecule has 5 nitrogen and oxygen atoms in total. The third-order valence-electron chi connectivity index (χ3n) is 3.01. The normalized spacial score (nSPS) is 13.7. The van der Waals surface area contributed by atoms with Crippen LogP contribution in [0.3, 0.4) is 0 Å². The molecule has 0 saturated heterocycles. The zero-order valence-corrected chi connectivity index (χ0v) is 17.3. The van der Waals surface area contributed by atoms with Gasteiger partial charge in [-0.25, -0.2) is 9.18 Å². The minimum atomic E-state index is -1.75. The lowest BCUT2D eigenvalue weighted by molar-refractivity contribution is -0.442. The molecule has 144 valence electrons. The molecule has 0 heterocycles. The molecule has 0 radical (unpaired) electrons. The fourth-order valence-corrected chi connectivity index (χ4v) is 1.89. The highest BCUT2D eigenvalue weighted by atomic mass is 35.6. The van der Waals surface area contributed by atoms with E-state index in [9.17, 15) is 9.18 Å². The fourth-order valence-electron chi connectivity index (χ4n) is 1.54. The lowest BCUT2D eigenvalue weighted by atomic mass is 9.92. The number of halogens is 5. The van der Waals surface area contributed by atoms with Crippen LogP contribution in [0.4, 0.5) is 14.9 Å². The summed E-state index contributed by atoms with van der Waals surface area (Å²) in [5.74, 6) is -0.386. The van der Waals surface area contributed by atoms with Crippen LogP contribution in [-0.4, -0.2) is 22.3 Å². The first-order chi connectivity index (χ1) is 11.8. The van der Waals surface area contributed by atoms with Gasteiger partial charge >= 0.3 is 6.09 Å². The number of hydrogen-bond donors (Lipinski definition) is 2. The molecule has 1 rings (SSSR count). The summed E-state index contributed by atoms with van der Waals surface area (Å²) in [5.41, 5.74) is 6.66. The van der Waals surface area contributed by atoms with Gasteiger partial charge in [0.1, 0.15) is 18.1 Å². The highest BCUT2D eigenvalue weighted by Gasteiger charge is 2.23. The molecule has 0 aliphatic carbocycles. The van der Waals surface area contributed by atoms with E-state index in [-0.39, 0.29) is 16.3 Å². The van der Waals surface area contributed by atoms with Gasteiger partial charge in [-0.1, -0.05) is 67.2 Å². The van der Waals surface area contributed by atoms with Gasteiger partial charge in [-0.3, -0.25) is 5.32 Å². The summed E-state index contributed by atoms with van der Waals surface area (Å²) in [6.07, 6.45) is 0.544. The van der Waals surface area contributed by atoms with Crippen LogP contribution >= 0.6 is 46.4 Å². The van der Waals surface area contributed by atoms with Crippen LogP contribution in [0.5, 0.6) is 0 Å². The minimum absolute atomic E-state index is 0.0651. The number of alkyl halides is 3. The Hall–Kier alpha value is -1.05. The summed E-state index contributed by atoms with van der Waals surface area (Å²) in [4.78, 5) is 15.7. The van der Waals surface area contributed by atoms with E-state index in [2.05, 4.69) is 4.99 Å². The number of rotatable bonds is 3. The fraction of sp³-hybridized carbons (Fsp3) is 0.375. The molecule has 26 heavy (non-hydrogen) atoms. The Bertz CT molecular complexity index is 725. The summed E-state index contributed by atoms with van der Waals surface area (Å²) in [6.45, 7) is 5.22. The number of allylic oxidation sites excluding steroid dienone is 1. The van der Waals surface area contributed by atoms with E-state index < -0.39 is 22.3 Å². The third kappa shape index (κ3) is 8.56. The molecule has 0 atom stereocenters. The number of ether oxygens (including phenoxy) is 1. The van der Waals surface area contributed by atoms with Crippen molar-refractivity contribution >= 4 is 64.0 Å². The standard InChI is InChI=1S/C16H18Cl4FN3O2/c1-15(2,3)12(22)7-13(24-14(25)26-8-16(18,19)20)23-9-4-5-11(21)10(17)6-9/h4-7H,8,22H2,1-3H3,(H,23,24,25)/p+1/b12-7-. The van der Waals surface area contributed by atoms with Crippen LogP contribution in [0.1, 0.15) is 20.8 Å². The summed E-state index contributed by atoms with van der Waals surface area (Å²) in [6, 6.07) is 4.06. The molecule has 0 saturated carbocycles. The van der Waals surface area contributed by atoms with Crippen molar-refractivity contribution in [3.05, 3.63) is 40.8 Å². The molecule has 0 aromatic heterocycles. The van der Waals surface area contributed by atoms with E-state index in [1.54, 1.807) is 0 Å². The van der Waals surface area contributed by atoms with Crippen LogP contribution in [0.15, 0.2) is 35.0 Å². The van der Waals surface area contributed by atoms with Crippen molar-refractivity contribution in [1.29, 1.82) is 0 Å². The second-order valence-corrected chi connectivity index (χ2v) is 9.30. The Morgan fingerprint density at radius 2 is 1.96 bits per heavy atom. The van der Waals surface area contributed by atoms with Crippen molar-refractivity contribution in [1.82, 2.24) is 0 Å². The molecule has 0 unspecified atom stereocenters. The smallest absolute Gasteiger partial charge is 0.438 e. The number of hydrogen-bond acceptors (Lipinski definition) is 3. The monoisotopic (exact) mass is 444 g/mol. The van der Waals surface area contributed by atoms with Gasteiger partial charge in [-0.15, -0.1) is 4.99 Å². The lowest BCUT2D eigenvalue weighted by Gasteiger charge is -2.18. The van der Waals surface area contributed by atoms with Crippen molar-refractivity contribution in [3.63, 3.8) is 0 Å². The molecule has 10 heteroatoms. The maximum absolute atomic E-state index is 13.3. The summed E-state index contributed by atoms with van der Waals surface area (Å²) >= 11 is 22.4. The quantitative estimate of drug-likeness (QED) is 0.311. The SMILES string of the molecule is CC(C)(C)/C(N)=C/C(=N\C(=O)OCC(Cl)(Cl)Cl)[NH2+]c1ccc(F)c(Cl)c1. The van der Waals surface area contributed by atoms with Crippen LogP contribution < -0.4 is 11.1 Å². The number of nitrogens with two attached hydrogens (primary N) is 2. The van der Waals surface area contributed by atoms with E-state index in [0.29, 0.717) is 11.4 Å². The largest absolute Gasteiger partial charge is 0.443 e. The highest BCUT2D eigenvalue weighted by molar-refractivity contribution is 6.67. The summed E-state index contributed by atoms with van der Waals surface area (Å²) < 4.78 is 16.3. The molecule has 0 aliphatic rings. The zero-order chi connectivity index (χ0) is 20.1. The molecular formula is C16H19Cl4FN3O2+. The molecule has 0 bridgehead atoms. The van der Waals surface area contributed by atoms with Gasteiger partial charge in [0.15, 0.2) is 0 Å². The Morgan fingerprint density at radius 1 is 1.35 bits per heavy atom. The topological polar surface area (TPSA) is 81.3 Å². The van der Waals surface area contributed by atoms with Crippen LogP contribution in [0, 0.1) is 11.2 Å². The van der Waals surface area contributed by atoms with Crippen molar-refractivity contribution in [3.8, 4) is 0 Å². The van der Waals surface area contributed by atoms with Gasteiger partial charge in [-0.05, 0) is 6.07 Å². The number of amidine groups is 1. The van der Waals surface area contributed by atoms with Crippen LogP contribution in [0.25, 0.3) is 0 Å². The van der Waals surface area contributed by atoms with Crippen LogP contribution in [0.2, 0.25) is 5.02 Å².